The van der Waals surface area contributed by atoms with Crippen LogP contribution in [0.5, 0.6) is 6.01 Å². The maximum atomic E-state index is 14.5. The van der Waals surface area contributed by atoms with Crippen molar-refractivity contribution in [2.45, 2.75) is 54.4 Å². The van der Waals surface area contributed by atoms with E-state index in [-0.39, 0.29) is 22.3 Å². The highest BCUT2D eigenvalue weighted by atomic mass is 32.2. The third-order valence-electron chi connectivity index (χ3n) is 9.60. The van der Waals surface area contributed by atoms with Crippen LogP contribution in [0.2, 0.25) is 0 Å². The number of nitrogens with two attached hydrogens (primary N) is 2. The van der Waals surface area contributed by atoms with Gasteiger partial charge in [-0.15, -0.1) is 23.1 Å². The van der Waals surface area contributed by atoms with Gasteiger partial charge in [-0.2, -0.15) is 15.2 Å². The fourth-order valence-corrected chi connectivity index (χ4v) is 10.3. The van der Waals surface area contributed by atoms with Crippen molar-refractivity contribution >= 4 is 50.9 Å². The van der Waals surface area contributed by atoms with Crippen molar-refractivity contribution in [1.82, 2.24) is 29.4 Å². The fraction of sp³-hybridized carbons (Fsp3) is 0.483. The third kappa shape index (κ3) is 4.01. The number of pyridine rings is 1. The number of ether oxygens (including phenoxy) is 1. The van der Waals surface area contributed by atoms with Crippen molar-refractivity contribution < 1.29 is 9.13 Å². The Bertz CT molecular complexity index is 1800. The van der Waals surface area contributed by atoms with Gasteiger partial charge in [-0.1, -0.05) is 6.07 Å². The van der Waals surface area contributed by atoms with Gasteiger partial charge in [0.15, 0.2) is 17.0 Å². The van der Waals surface area contributed by atoms with Gasteiger partial charge in [0.2, 0.25) is 0 Å². The first-order valence-corrected chi connectivity index (χ1v) is 16.3. The Labute approximate surface area is 256 Å². The van der Waals surface area contributed by atoms with Gasteiger partial charge in [0.1, 0.15) is 29.7 Å². The standard InChI is InChI=1S/C29H31FN10OS2/c1-16(18-4-2-6-34-23(18)32)40-15-35-22-25(38-12-29(13-38)21-19(9-31)24(33)43-20(21)11-42-29)36-27(37-26(22)40)41-14-28-5-3-7-39(28)10-17(30)8-28/h2,4,6,15-17H,3,5,7-8,10-14,33H2,1H3,(H2,32,34)/t16?,17-,28+/m1/s1. The molecule has 3 fully saturated rings. The van der Waals surface area contributed by atoms with E-state index in [0.717, 1.165) is 36.3 Å². The number of nitriles is 1. The van der Waals surface area contributed by atoms with Gasteiger partial charge in [-0.3, -0.25) is 4.90 Å². The first kappa shape index (κ1) is 26.9. The molecule has 4 aromatic heterocycles. The van der Waals surface area contributed by atoms with Crippen LogP contribution in [0.4, 0.5) is 21.0 Å². The summed E-state index contributed by atoms with van der Waals surface area (Å²) in [4.78, 5) is 24.4. The first-order chi connectivity index (χ1) is 20.8. The molecule has 4 N–H and O–H groups in total. The molecule has 0 bridgehead atoms. The molecule has 1 spiro atoms. The molecule has 3 saturated heterocycles. The lowest BCUT2D eigenvalue weighted by molar-refractivity contribution is 0.107. The topological polar surface area (TPSA) is 148 Å². The van der Waals surface area contributed by atoms with Crippen LogP contribution < -0.4 is 21.1 Å². The van der Waals surface area contributed by atoms with Gasteiger partial charge in [-0.25, -0.2) is 14.4 Å². The second-order valence-corrected chi connectivity index (χ2v) is 14.6. The number of hydrogen-bond acceptors (Lipinski definition) is 12. The fourth-order valence-electron chi connectivity index (χ4n) is 7.47. The first-order valence-electron chi connectivity index (χ1n) is 14.5. The summed E-state index contributed by atoms with van der Waals surface area (Å²) < 4.78 is 22.6. The number of halogens is 1. The van der Waals surface area contributed by atoms with Crippen molar-refractivity contribution in [3.63, 3.8) is 0 Å². The van der Waals surface area contributed by atoms with Crippen LogP contribution in [0.25, 0.3) is 11.2 Å². The Morgan fingerprint density at radius 1 is 1.28 bits per heavy atom. The van der Waals surface area contributed by atoms with E-state index >= 15 is 0 Å². The molecule has 4 aliphatic rings. The van der Waals surface area contributed by atoms with E-state index in [2.05, 4.69) is 20.9 Å². The molecule has 0 radical (unpaired) electrons. The Balaban J connectivity index is 1.17. The maximum Gasteiger partial charge on any atom is 0.320 e. The summed E-state index contributed by atoms with van der Waals surface area (Å²) in [5.74, 6) is 1.98. The third-order valence-corrected chi connectivity index (χ3v) is 12.2. The number of nitrogen functional groups attached to an aromatic ring is 2. The van der Waals surface area contributed by atoms with Gasteiger partial charge < -0.3 is 25.7 Å². The van der Waals surface area contributed by atoms with Crippen LogP contribution in [-0.2, 0) is 10.5 Å². The van der Waals surface area contributed by atoms with Crippen molar-refractivity contribution in [3.05, 3.63) is 46.2 Å². The minimum Gasteiger partial charge on any atom is -0.461 e. The molecule has 1 unspecified atom stereocenters. The van der Waals surface area contributed by atoms with E-state index in [9.17, 15) is 9.65 Å². The summed E-state index contributed by atoms with van der Waals surface area (Å²) in [6.07, 6.45) is 4.99. The van der Waals surface area contributed by atoms with E-state index < -0.39 is 6.17 Å². The molecule has 0 aliphatic carbocycles. The molecule has 0 saturated carbocycles. The van der Waals surface area contributed by atoms with Crippen LogP contribution in [0, 0.1) is 11.3 Å². The molecule has 8 heterocycles. The van der Waals surface area contributed by atoms with Crippen LogP contribution in [0.3, 0.4) is 0 Å². The lowest BCUT2D eigenvalue weighted by Gasteiger charge is -2.48. The number of anilines is 3. The number of imidazole rings is 1. The second-order valence-electron chi connectivity index (χ2n) is 12.1. The minimum atomic E-state index is -0.842. The molecule has 8 rings (SSSR count). The lowest BCUT2D eigenvalue weighted by atomic mass is 9.88. The Morgan fingerprint density at radius 2 is 2.14 bits per heavy atom. The number of alkyl halides is 1. The molecule has 3 atom stereocenters. The normalized spacial score (nSPS) is 24.7. The Morgan fingerprint density at radius 3 is 2.95 bits per heavy atom. The SMILES string of the molecule is CC(c1cccnc1N)n1cnc2c(N3CC4(C3)SCc3sc(N)c(C#N)c34)nc(OC[C@@]34CCCN3C[C@H](F)C4)nc21. The number of aromatic nitrogens is 5. The average Bonchev–Trinajstić information content (AvgIpc) is 3.76. The molecule has 14 heteroatoms. The molecule has 0 aromatic carbocycles. The summed E-state index contributed by atoms with van der Waals surface area (Å²) in [7, 11) is 0. The Kier molecular flexibility index (Phi) is 6.05. The highest BCUT2D eigenvalue weighted by Crippen LogP contribution is 2.58. The largest absolute Gasteiger partial charge is 0.461 e. The van der Waals surface area contributed by atoms with Crippen LogP contribution in [0.15, 0.2) is 24.7 Å². The molecular formula is C29H31FN10OS2. The van der Waals surface area contributed by atoms with E-state index in [0.29, 0.717) is 66.0 Å². The zero-order valence-corrected chi connectivity index (χ0v) is 25.3. The predicted octanol–water partition coefficient (Wildman–Crippen LogP) is 3.85. The quantitative estimate of drug-likeness (QED) is 0.325. The van der Waals surface area contributed by atoms with Crippen LogP contribution >= 0.6 is 23.1 Å². The summed E-state index contributed by atoms with van der Waals surface area (Å²) in [5.41, 5.74) is 16.0. The van der Waals surface area contributed by atoms with E-state index in [1.165, 1.54) is 16.2 Å². The summed E-state index contributed by atoms with van der Waals surface area (Å²) in [6, 6.07) is 6.21. The molecule has 4 aliphatic heterocycles. The number of nitrogens with zero attached hydrogens (tertiary/aromatic N) is 8. The van der Waals surface area contributed by atoms with Crippen molar-refractivity contribution in [3.8, 4) is 12.1 Å². The number of hydrogen-bond donors (Lipinski definition) is 2. The van der Waals surface area contributed by atoms with Crippen LogP contribution in [0.1, 0.15) is 53.8 Å². The molecule has 4 aromatic rings. The molecule has 11 nitrogen and oxygen atoms in total. The number of thioether (sulfide) groups is 1. The molecule has 43 heavy (non-hydrogen) atoms. The monoisotopic (exact) mass is 618 g/mol. The summed E-state index contributed by atoms with van der Waals surface area (Å²) in [5, 5.41) is 10.4. The molecule has 0 amide bonds. The number of rotatable bonds is 6. The zero-order valence-electron chi connectivity index (χ0n) is 23.7. The van der Waals surface area contributed by atoms with Gasteiger partial charge in [0.25, 0.3) is 0 Å². The lowest BCUT2D eigenvalue weighted by Crippen LogP contribution is -2.57. The minimum absolute atomic E-state index is 0.192. The van der Waals surface area contributed by atoms with Gasteiger partial charge in [0, 0.05) is 54.0 Å². The van der Waals surface area contributed by atoms with E-state index in [4.69, 9.17) is 31.2 Å². The van der Waals surface area contributed by atoms with E-state index in [1.807, 2.05) is 35.4 Å². The van der Waals surface area contributed by atoms with Gasteiger partial charge in [0.05, 0.1) is 28.2 Å². The Hall–Kier alpha value is -3.67. The predicted molar refractivity (Wildman–Crippen MR) is 165 cm³/mol. The molecule has 222 valence electrons. The van der Waals surface area contributed by atoms with Crippen molar-refractivity contribution in [1.29, 1.82) is 5.26 Å². The van der Waals surface area contributed by atoms with Gasteiger partial charge in [-0.05, 0) is 32.4 Å². The number of thiophene rings is 1. The zero-order chi connectivity index (χ0) is 29.5. The van der Waals surface area contributed by atoms with Gasteiger partial charge >= 0.3 is 6.01 Å². The smallest absolute Gasteiger partial charge is 0.320 e. The van der Waals surface area contributed by atoms with Crippen LogP contribution in [-0.4, -0.2) is 73.9 Å². The maximum absolute atomic E-state index is 14.5. The number of fused-ring (bicyclic) bond motifs is 4. The highest BCUT2D eigenvalue weighted by Gasteiger charge is 2.53. The summed E-state index contributed by atoms with van der Waals surface area (Å²) in [6.45, 7) is 5.05. The second kappa shape index (κ2) is 9.67. The average molecular weight is 619 g/mol. The van der Waals surface area contributed by atoms with E-state index in [1.54, 1.807) is 12.5 Å². The molecular weight excluding hydrogens is 588 g/mol. The van der Waals surface area contributed by atoms with Crippen molar-refractivity contribution in [2.75, 3.05) is 49.2 Å². The highest BCUT2D eigenvalue weighted by molar-refractivity contribution is 8.00. The van der Waals surface area contributed by atoms with Crippen molar-refractivity contribution in [2.24, 2.45) is 0 Å². The summed E-state index contributed by atoms with van der Waals surface area (Å²) >= 11 is 3.38.